The lowest BCUT2D eigenvalue weighted by Gasteiger charge is -2.08. The SMILES string of the molecule is COc1ccc(-c2coc3cc(OCc4ccc(C#N)cc4)ccc3c2=O)cc1. The zero-order valence-electron chi connectivity index (χ0n) is 15.7. The van der Waals surface area contributed by atoms with Crippen molar-refractivity contribution in [1.82, 2.24) is 0 Å². The monoisotopic (exact) mass is 383 g/mol. The van der Waals surface area contributed by atoms with Gasteiger partial charge in [0.25, 0.3) is 0 Å². The van der Waals surface area contributed by atoms with Gasteiger partial charge in [-0.2, -0.15) is 5.26 Å². The van der Waals surface area contributed by atoms with E-state index in [0.717, 1.165) is 16.9 Å². The highest BCUT2D eigenvalue weighted by Gasteiger charge is 2.10. The number of rotatable bonds is 5. The van der Waals surface area contributed by atoms with Gasteiger partial charge in [0, 0.05) is 6.07 Å². The smallest absolute Gasteiger partial charge is 0.200 e. The number of benzene rings is 3. The second-order valence-corrected chi connectivity index (χ2v) is 6.46. The lowest BCUT2D eigenvalue weighted by atomic mass is 10.1. The van der Waals surface area contributed by atoms with E-state index < -0.39 is 0 Å². The number of fused-ring (bicyclic) bond motifs is 1. The molecule has 1 heterocycles. The summed E-state index contributed by atoms with van der Waals surface area (Å²) >= 11 is 0. The number of ether oxygens (including phenoxy) is 2. The van der Waals surface area contributed by atoms with Crippen LogP contribution in [0.1, 0.15) is 11.1 Å². The van der Waals surface area contributed by atoms with Gasteiger partial charge < -0.3 is 13.9 Å². The van der Waals surface area contributed by atoms with Crippen molar-refractivity contribution >= 4 is 11.0 Å². The van der Waals surface area contributed by atoms with Gasteiger partial charge in [0.15, 0.2) is 5.43 Å². The van der Waals surface area contributed by atoms with Crippen LogP contribution in [0.2, 0.25) is 0 Å². The van der Waals surface area contributed by atoms with E-state index in [1.54, 1.807) is 49.6 Å². The Morgan fingerprint density at radius 3 is 2.38 bits per heavy atom. The van der Waals surface area contributed by atoms with Gasteiger partial charge in [0.05, 0.1) is 29.7 Å². The predicted octanol–water partition coefficient (Wildman–Crippen LogP) is 4.92. The Morgan fingerprint density at radius 2 is 1.69 bits per heavy atom. The Hall–Kier alpha value is -4.04. The summed E-state index contributed by atoms with van der Waals surface area (Å²) < 4.78 is 16.7. The first-order valence-corrected chi connectivity index (χ1v) is 9.00. The van der Waals surface area contributed by atoms with Crippen molar-refractivity contribution in [3.05, 3.63) is 94.3 Å². The molecule has 0 amide bonds. The third-order valence-corrected chi connectivity index (χ3v) is 4.64. The zero-order chi connectivity index (χ0) is 20.2. The van der Waals surface area contributed by atoms with Crippen molar-refractivity contribution in [3.63, 3.8) is 0 Å². The number of nitriles is 1. The highest BCUT2D eigenvalue weighted by molar-refractivity contribution is 5.82. The molecule has 0 saturated carbocycles. The maximum absolute atomic E-state index is 12.9. The highest BCUT2D eigenvalue weighted by atomic mass is 16.5. The van der Waals surface area contributed by atoms with Crippen molar-refractivity contribution < 1.29 is 13.9 Å². The van der Waals surface area contributed by atoms with Crippen molar-refractivity contribution in [2.75, 3.05) is 7.11 Å². The Balaban J connectivity index is 1.58. The van der Waals surface area contributed by atoms with Crippen molar-refractivity contribution in [2.24, 2.45) is 0 Å². The Labute approximate surface area is 167 Å². The molecule has 0 bridgehead atoms. The van der Waals surface area contributed by atoms with Gasteiger partial charge in [0.1, 0.15) is 30.0 Å². The molecule has 4 aromatic rings. The zero-order valence-corrected chi connectivity index (χ0v) is 15.7. The maximum atomic E-state index is 12.9. The molecule has 0 N–H and O–H groups in total. The fraction of sp³-hybridized carbons (Fsp3) is 0.0833. The van der Waals surface area contributed by atoms with Crippen LogP contribution in [0, 0.1) is 11.3 Å². The van der Waals surface area contributed by atoms with E-state index in [2.05, 4.69) is 6.07 Å². The molecule has 0 aliphatic carbocycles. The topological polar surface area (TPSA) is 72.5 Å². The van der Waals surface area contributed by atoms with Crippen LogP contribution in [0.25, 0.3) is 22.1 Å². The van der Waals surface area contributed by atoms with E-state index in [-0.39, 0.29) is 5.43 Å². The summed E-state index contributed by atoms with van der Waals surface area (Å²) in [5.74, 6) is 1.32. The van der Waals surface area contributed by atoms with Crippen LogP contribution < -0.4 is 14.9 Å². The van der Waals surface area contributed by atoms with Crippen LogP contribution in [0.3, 0.4) is 0 Å². The number of nitrogens with zero attached hydrogens (tertiary/aromatic N) is 1. The molecule has 1 aromatic heterocycles. The first-order chi connectivity index (χ1) is 14.2. The molecule has 5 nitrogen and oxygen atoms in total. The minimum Gasteiger partial charge on any atom is -0.497 e. The van der Waals surface area contributed by atoms with Gasteiger partial charge in [-0.15, -0.1) is 0 Å². The van der Waals surface area contributed by atoms with Gasteiger partial charge in [-0.3, -0.25) is 4.79 Å². The fourth-order valence-electron chi connectivity index (χ4n) is 3.01. The van der Waals surface area contributed by atoms with E-state index in [1.165, 1.54) is 6.26 Å². The number of methoxy groups -OCH3 is 1. The molecule has 5 heteroatoms. The Kier molecular flexibility index (Phi) is 5.00. The molecular weight excluding hydrogens is 366 g/mol. The molecule has 0 saturated heterocycles. The predicted molar refractivity (Wildman–Crippen MR) is 110 cm³/mol. The molecular formula is C24H17NO4. The fourth-order valence-corrected chi connectivity index (χ4v) is 3.01. The second kappa shape index (κ2) is 7.91. The normalized spacial score (nSPS) is 10.5. The summed E-state index contributed by atoms with van der Waals surface area (Å²) in [6.07, 6.45) is 1.47. The first-order valence-electron chi connectivity index (χ1n) is 9.00. The summed E-state index contributed by atoms with van der Waals surface area (Å²) in [5.41, 5.74) is 3.17. The van der Waals surface area contributed by atoms with Crippen LogP contribution in [-0.2, 0) is 6.61 Å². The first kappa shape index (κ1) is 18.3. The molecule has 0 aliphatic heterocycles. The quantitative estimate of drug-likeness (QED) is 0.489. The van der Waals surface area contributed by atoms with Gasteiger partial charge in [-0.25, -0.2) is 0 Å². The summed E-state index contributed by atoms with van der Waals surface area (Å²) in [7, 11) is 1.60. The number of hydrogen-bond donors (Lipinski definition) is 0. The summed E-state index contributed by atoms with van der Waals surface area (Å²) in [6.45, 7) is 0.353. The highest BCUT2D eigenvalue weighted by Crippen LogP contribution is 2.25. The lowest BCUT2D eigenvalue weighted by molar-refractivity contribution is 0.306. The maximum Gasteiger partial charge on any atom is 0.200 e. The summed E-state index contributed by atoms with van der Waals surface area (Å²) in [5, 5.41) is 9.34. The third kappa shape index (κ3) is 3.83. The molecule has 142 valence electrons. The van der Waals surface area contributed by atoms with Crippen molar-refractivity contribution in [2.45, 2.75) is 6.61 Å². The average molecular weight is 383 g/mol. The minimum absolute atomic E-state index is 0.102. The lowest BCUT2D eigenvalue weighted by Crippen LogP contribution is -2.05. The average Bonchev–Trinajstić information content (AvgIpc) is 2.78. The summed E-state index contributed by atoms with van der Waals surface area (Å²) in [4.78, 5) is 12.9. The van der Waals surface area contributed by atoms with Gasteiger partial charge >= 0.3 is 0 Å². The minimum atomic E-state index is -0.102. The van der Waals surface area contributed by atoms with Crippen LogP contribution in [-0.4, -0.2) is 7.11 Å². The Morgan fingerprint density at radius 1 is 0.966 bits per heavy atom. The van der Waals surface area contributed by atoms with Crippen LogP contribution in [0.5, 0.6) is 11.5 Å². The van der Waals surface area contributed by atoms with Crippen LogP contribution in [0.15, 0.2) is 82.2 Å². The van der Waals surface area contributed by atoms with E-state index in [9.17, 15) is 4.79 Å². The van der Waals surface area contributed by atoms with E-state index in [1.807, 2.05) is 24.3 Å². The van der Waals surface area contributed by atoms with E-state index >= 15 is 0 Å². The standard InChI is InChI=1S/C24H17NO4/c1-27-19-8-6-18(7-9-19)22-15-29-23-12-20(10-11-21(23)24(22)26)28-14-17-4-2-16(13-25)3-5-17/h2-12,15H,14H2,1H3. The molecule has 0 unspecified atom stereocenters. The molecule has 0 spiro atoms. The van der Waals surface area contributed by atoms with E-state index in [0.29, 0.717) is 34.5 Å². The molecule has 0 radical (unpaired) electrons. The van der Waals surface area contributed by atoms with Crippen molar-refractivity contribution in [1.29, 1.82) is 5.26 Å². The molecule has 0 atom stereocenters. The number of hydrogen-bond acceptors (Lipinski definition) is 5. The Bertz CT molecular complexity index is 1250. The van der Waals surface area contributed by atoms with Crippen LogP contribution in [0.4, 0.5) is 0 Å². The summed E-state index contributed by atoms with van der Waals surface area (Å²) in [6, 6.07) is 21.7. The largest absolute Gasteiger partial charge is 0.497 e. The van der Waals surface area contributed by atoms with Gasteiger partial charge in [-0.1, -0.05) is 24.3 Å². The molecule has 3 aromatic carbocycles. The second-order valence-electron chi connectivity index (χ2n) is 6.46. The molecule has 29 heavy (non-hydrogen) atoms. The van der Waals surface area contributed by atoms with Crippen molar-refractivity contribution in [3.8, 4) is 28.7 Å². The third-order valence-electron chi connectivity index (χ3n) is 4.64. The molecule has 4 rings (SSSR count). The van der Waals surface area contributed by atoms with Gasteiger partial charge in [-0.05, 0) is 47.5 Å². The van der Waals surface area contributed by atoms with Crippen LogP contribution >= 0.6 is 0 Å². The van der Waals surface area contributed by atoms with E-state index in [4.69, 9.17) is 19.2 Å². The molecule has 0 fully saturated rings. The van der Waals surface area contributed by atoms with Gasteiger partial charge in [0.2, 0.25) is 0 Å². The molecule has 0 aliphatic rings.